The zero-order valence-corrected chi connectivity index (χ0v) is 21.1. The number of halogens is 1. The molecule has 0 aliphatic rings. The summed E-state index contributed by atoms with van der Waals surface area (Å²) in [6.07, 6.45) is 1.04. The Morgan fingerprint density at radius 2 is 1.47 bits per heavy atom. The SMILES string of the molecule is Cc1cccc(N(CC(=O)Nc2ccc(S(=O)(=O)Nc3ccc(Cl)cc3)cc2)S(C)(=O)=O)c1C. The molecule has 0 radical (unpaired) electrons. The first-order valence-corrected chi connectivity index (χ1v) is 13.8. The molecule has 3 rings (SSSR count). The van der Waals surface area contributed by atoms with Gasteiger partial charge in [0.25, 0.3) is 10.0 Å². The smallest absolute Gasteiger partial charge is 0.261 e. The van der Waals surface area contributed by atoms with Gasteiger partial charge in [-0.1, -0.05) is 23.7 Å². The summed E-state index contributed by atoms with van der Waals surface area (Å²) in [7, 11) is -7.57. The number of anilines is 3. The lowest BCUT2D eigenvalue weighted by molar-refractivity contribution is -0.114. The monoisotopic (exact) mass is 521 g/mol. The summed E-state index contributed by atoms with van der Waals surface area (Å²) in [4.78, 5) is 12.6. The number of carbonyl (C=O) groups excluding carboxylic acids is 1. The molecular weight excluding hydrogens is 498 g/mol. The molecule has 1 amide bonds. The van der Waals surface area contributed by atoms with Crippen molar-refractivity contribution >= 4 is 54.6 Å². The fourth-order valence-electron chi connectivity index (χ4n) is 3.17. The number of carbonyl (C=O) groups is 1. The third-order valence-electron chi connectivity index (χ3n) is 5.08. The van der Waals surface area contributed by atoms with Gasteiger partial charge in [0.1, 0.15) is 6.54 Å². The van der Waals surface area contributed by atoms with Crippen LogP contribution >= 0.6 is 11.6 Å². The van der Waals surface area contributed by atoms with Gasteiger partial charge in [-0.2, -0.15) is 0 Å². The maximum atomic E-state index is 12.6. The van der Waals surface area contributed by atoms with Crippen molar-refractivity contribution in [3.63, 3.8) is 0 Å². The fraction of sp³-hybridized carbons (Fsp3) is 0.174. The summed E-state index contributed by atoms with van der Waals surface area (Å²) in [6, 6.07) is 17.0. The van der Waals surface area contributed by atoms with Gasteiger partial charge in [0, 0.05) is 16.4 Å². The average Bonchev–Trinajstić information content (AvgIpc) is 2.75. The van der Waals surface area contributed by atoms with Gasteiger partial charge < -0.3 is 5.32 Å². The Kier molecular flexibility index (Phi) is 7.54. The maximum absolute atomic E-state index is 12.6. The third-order valence-corrected chi connectivity index (χ3v) is 7.85. The second-order valence-electron chi connectivity index (χ2n) is 7.67. The van der Waals surface area contributed by atoms with Gasteiger partial charge in [-0.05, 0) is 79.6 Å². The second kappa shape index (κ2) is 10.0. The number of rotatable bonds is 8. The minimum Gasteiger partial charge on any atom is -0.325 e. The van der Waals surface area contributed by atoms with Crippen molar-refractivity contribution in [2.75, 3.05) is 27.1 Å². The molecule has 0 heterocycles. The van der Waals surface area contributed by atoms with Gasteiger partial charge in [-0.15, -0.1) is 0 Å². The number of sulfonamides is 2. The van der Waals surface area contributed by atoms with E-state index < -0.39 is 32.5 Å². The van der Waals surface area contributed by atoms with Crippen LogP contribution in [0.4, 0.5) is 17.1 Å². The van der Waals surface area contributed by atoms with E-state index >= 15 is 0 Å². The van der Waals surface area contributed by atoms with Gasteiger partial charge >= 0.3 is 0 Å². The number of nitrogens with one attached hydrogen (secondary N) is 2. The van der Waals surface area contributed by atoms with Crippen molar-refractivity contribution in [3.05, 3.63) is 82.9 Å². The summed E-state index contributed by atoms with van der Waals surface area (Å²) < 4.78 is 53.4. The van der Waals surface area contributed by atoms with Crippen molar-refractivity contribution in [1.29, 1.82) is 0 Å². The molecule has 180 valence electrons. The first kappa shape index (κ1) is 25.5. The van der Waals surface area contributed by atoms with Crippen LogP contribution in [-0.4, -0.2) is 35.5 Å². The zero-order valence-electron chi connectivity index (χ0n) is 18.7. The predicted octanol–water partition coefficient (Wildman–Crippen LogP) is 4.16. The molecule has 0 saturated carbocycles. The molecule has 0 aliphatic heterocycles. The summed E-state index contributed by atoms with van der Waals surface area (Å²) >= 11 is 5.82. The number of aryl methyl sites for hydroxylation is 1. The molecule has 0 atom stereocenters. The van der Waals surface area contributed by atoms with Crippen molar-refractivity contribution in [1.82, 2.24) is 0 Å². The summed E-state index contributed by atoms with van der Waals surface area (Å²) in [5, 5.41) is 3.09. The second-order valence-corrected chi connectivity index (χ2v) is 11.7. The van der Waals surface area contributed by atoms with Gasteiger partial charge in [-0.25, -0.2) is 16.8 Å². The number of amides is 1. The Balaban J connectivity index is 1.73. The molecule has 3 aromatic rings. The topological polar surface area (TPSA) is 113 Å². The van der Waals surface area contributed by atoms with Gasteiger partial charge in [0.2, 0.25) is 15.9 Å². The van der Waals surface area contributed by atoms with E-state index in [0.29, 0.717) is 22.1 Å². The van der Waals surface area contributed by atoms with Crippen LogP contribution in [0.5, 0.6) is 0 Å². The molecule has 0 saturated heterocycles. The van der Waals surface area contributed by atoms with Crippen LogP contribution in [0.15, 0.2) is 71.6 Å². The Bertz CT molecular complexity index is 1410. The third kappa shape index (κ3) is 6.28. The van der Waals surface area contributed by atoms with E-state index in [2.05, 4.69) is 10.0 Å². The normalized spacial score (nSPS) is 11.6. The molecule has 0 spiro atoms. The number of hydrogen-bond acceptors (Lipinski definition) is 5. The average molecular weight is 522 g/mol. The first-order valence-electron chi connectivity index (χ1n) is 10.1. The molecule has 11 heteroatoms. The Morgan fingerprint density at radius 3 is 2.06 bits per heavy atom. The zero-order chi connectivity index (χ0) is 25.1. The number of nitrogens with zero attached hydrogens (tertiary/aromatic N) is 1. The van der Waals surface area contributed by atoms with E-state index in [1.165, 1.54) is 36.4 Å². The van der Waals surface area contributed by atoms with Crippen LogP contribution in [0.25, 0.3) is 0 Å². The van der Waals surface area contributed by atoms with Crippen LogP contribution in [-0.2, 0) is 24.8 Å². The largest absolute Gasteiger partial charge is 0.325 e. The molecular formula is C23H24ClN3O5S2. The highest BCUT2D eigenvalue weighted by Crippen LogP contribution is 2.25. The van der Waals surface area contributed by atoms with Crippen LogP contribution in [0.1, 0.15) is 11.1 Å². The number of benzene rings is 3. The lowest BCUT2D eigenvalue weighted by atomic mass is 10.1. The highest BCUT2D eigenvalue weighted by atomic mass is 35.5. The highest BCUT2D eigenvalue weighted by Gasteiger charge is 2.23. The van der Waals surface area contributed by atoms with Crippen molar-refractivity contribution in [2.24, 2.45) is 0 Å². The molecule has 0 unspecified atom stereocenters. The van der Waals surface area contributed by atoms with Crippen molar-refractivity contribution in [2.45, 2.75) is 18.7 Å². The van der Waals surface area contributed by atoms with Crippen molar-refractivity contribution < 1.29 is 21.6 Å². The summed E-state index contributed by atoms with van der Waals surface area (Å²) in [6.45, 7) is 3.22. The van der Waals surface area contributed by atoms with Crippen LogP contribution in [0.3, 0.4) is 0 Å². The van der Waals surface area contributed by atoms with Crippen LogP contribution < -0.4 is 14.3 Å². The van der Waals surface area contributed by atoms with E-state index in [1.807, 2.05) is 13.0 Å². The van der Waals surface area contributed by atoms with E-state index in [0.717, 1.165) is 21.7 Å². The minimum absolute atomic E-state index is 0.00593. The quantitative estimate of drug-likeness (QED) is 0.462. The van der Waals surface area contributed by atoms with Gasteiger partial charge in [0.15, 0.2) is 0 Å². The molecule has 0 aromatic heterocycles. The molecule has 0 aliphatic carbocycles. The summed E-state index contributed by atoms with van der Waals surface area (Å²) in [5.74, 6) is -0.568. The van der Waals surface area contributed by atoms with Gasteiger partial charge in [-0.3, -0.25) is 13.8 Å². The van der Waals surface area contributed by atoms with Gasteiger partial charge in [0.05, 0.1) is 16.8 Å². The molecule has 0 fully saturated rings. The van der Waals surface area contributed by atoms with E-state index in [4.69, 9.17) is 11.6 Å². The molecule has 0 bridgehead atoms. The van der Waals surface area contributed by atoms with E-state index in [9.17, 15) is 21.6 Å². The van der Waals surface area contributed by atoms with Crippen LogP contribution in [0, 0.1) is 13.8 Å². The lowest BCUT2D eigenvalue weighted by Gasteiger charge is -2.24. The fourth-order valence-corrected chi connectivity index (χ4v) is 5.26. The molecule has 8 nitrogen and oxygen atoms in total. The summed E-state index contributed by atoms with van der Waals surface area (Å²) in [5.41, 5.74) is 2.75. The highest BCUT2D eigenvalue weighted by molar-refractivity contribution is 7.92. The van der Waals surface area contributed by atoms with Crippen LogP contribution in [0.2, 0.25) is 5.02 Å². The Hall–Kier alpha value is -3.08. The minimum atomic E-state index is -3.85. The first-order chi connectivity index (χ1) is 15.9. The Labute approximate surface area is 204 Å². The predicted molar refractivity (Wildman–Crippen MR) is 135 cm³/mol. The van der Waals surface area contributed by atoms with E-state index in [-0.39, 0.29) is 4.90 Å². The molecule has 2 N–H and O–H groups in total. The lowest BCUT2D eigenvalue weighted by Crippen LogP contribution is -2.38. The Morgan fingerprint density at radius 1 is 0.882 bits per heavy atom. The maximum Gasteiger partial charge on any atom is 0.261 e. The number of hydrogen-bond donors (Lipinski definition) is 2. The molecule has 3 aromatic carbocycles. The molecule has 34 heavy (non-hydrogen) atoms. The van der Waals surface area contributed by atoms with E-state index in [1.54, 1.807) is 31.2 Å². The standard InChI is InChI=1S/C23H24ClN3O5S2/c1-16-5-4-6-22(17(16)2)27(33(3,29)30)15-23(28)25-19-11-13-21(14-12-19)34(31,32)26-20-9-7-18(24)8-10-20/h4-14,26H,15H2,1-3H3,(H,25,28). The van der Waals surface area contributed by atoms with Crippen molar-refractivity contribution in [3.8, 4) is 0 Å².